The van der Waals surface area contributed by atoms with E-state index in [1.807, 2.05) is 5.32 Å². The third-order valence-electron chi connectivity index (χ3n) is 4.74. The SMILES string of the molecule is CC(O)C(N)C(=O)NC(Cc1ccccc1)C(=O)NC(CC(=O)O)C(=O)NC(CC(=O)O)C(=O)O. The molecule has 1 aromatic rings. The van der Waals surface area contributed by atoms with Crippen LogP contribution in [0.5, 0.6) is 0 Å². The molecule has 0 heterocycles. The first-order valence-electron chi connectivity index (χ1n) is 10.4. The lowest BCUT2D eigenvalue weighted by molar-refractivity contribution is -0.148. The molecular formula is C21H28N4O10. The Morgan fingerprint density at radius 2 is 1.23 bits per heavy atom. The third kappa shape index (κ3) is 10.2. The van der Waals surface area contributed by atoms with E-state index in [1.165, 1.54) is 6.92 Å². The second-order valence-electron chi connectivity index (χ2n) is 7.67. The molecule has 35 heavy (non-hydrogen) atoms. The van der Waals surface area contributed by atoms with E-state index in [0.29, 0.717) is 5.56 Å². The molecule has 0 saturated carbocycles. The minimum absolute atomic E-state index is 0.0941. The average Bonchev–Trinajstić information content (AvgIpc) is 2.76. The highest BCUT2D eigenvalue weighted by atomic mass is 16.4. The highest BCUT2D eigenvalue weighted by Crippen LogP contribution is 2.06. The van der Waals surface area contributed by atoms with Gasteiger partial charge in [-0.05, 0) is 12.5 Å². The molecule has 192 valence electrons. The molecule has 0 aliphatic carbocycles. The Hall–Kier alpha value is -4.04. The molecule has 0 spiro atoms. The zero-order valence-electron chi connectivity index (χ0n) is 18.7. The number of aliphatic carboxylic acids is 3. The lowest BCUT2D eigenvalue weighted by Gasteiger charge is -2.25. The molecule has 3 amide bonds. The average molecular weight is 496 g/mol. The summed E-state index contributed by atoms with van der Waals surface area (Å²) in [5.74, 6) is -7.86. The van der Waals surface area contributed by atoms with Gasteiger partial charge in [-0.1, -0.05) is 30.3 Å². The fraction of sp³-hybridized carbons (Fsp3) is 0.429. The molecule has 9 N–H and O–H groups in total. The minimum Gasteiger partial charge on any atom is -0.481 e. The molecular weight excluding hydrogens is 468 g/mol. The van der Waals surface area contributed by atoms with Crippen LogP contribution in [0, 0.1) is 0 Å². The van der Waals surface area contributed by atoms with E-state index in [1.54, 1.807) is 30.3 Å². The Bertz CT molecular complexity index is 937. The lowest BCUT2D eigenvalue weighted by atomic mass is 10.0. The number of carboxylic acid groups (broad SMARTS) is 3. The van der Waals surface area contributed by atoms with Crippen molar-refractivity contribution in [3.05, 3.63) is 35.9 Å². The van der Waals surface area contributed by atoms with Gasteiger partial charge in [0.05, 0.1) is 18.9 Å². The topological polar surface area (TPSA) is 245 Å². The van der Waals surface area contributed by atoms with E-state index in [4.69, 9.17) is 21.1 Å². The maximum atomic E-state index is 13.0. The van der Waals surface area contributed by atoms with Crippen molar-refractivity contribution in [3.8, 4) is 0 Å². The van der Waals surface area contributed by atoms with Gasteiger partial charge in [-0.3, -0.25) is 24.0 Å². The predicted molar refractivity (Wildman–Crippen MR) is 118 cm³/mol. The molecule has 14 nitrogen and oxygen atoms in total. The van der Waals surface area contributed by atoms with Crippen LogP contribution in [0.15, 0.2) is 30.3 Å². The van der Waals surface area contributed by atoms with Gasteiger partial charge < -0.3 is 42.1 Å². The van der Waals surface area contributed by atoms with Crippen LogP contribution < -0.4 is 21.7 Å². The summed E-state index contributed by atoms with van der Waals surface area (Å²) in [5.41, 5.74) is 6.19. The van der Waals surface area contributed by atoms with Gasteiger partial charge in [0.2, 0.25) is 17.7 Å². The van der Waals surface area contributed by atoms with Crippen molar-refractivity contribution in [1.29, 1.82) is 0 Å². The first-order valence-corrected chi connectivity index (χ1v) is 10.4. The molecule has 0 saturated heterocycles. The summed E-state index contributed by atoms with van der Waals surface area (Å²) in [6, 6.07) is 1.93. The van der Waals surface area contributed by atoms with Crippen LogP contribution in [0.3, 0.4) is 0 Å². The van der Waals surface area contributed by atoms with E-state index in [9.17, 15) is 33.9 Å². The number of aliphatic hydroxyl groups excluding tert-OH is 1. The maximum Gasteiger partial charge on any atom is 0.326 e. The van der Waals surface area contributed by atoms with Crippen molar-refractivity contribution in [2.45, 2.75) is 56.5 Å². The number of carbonyl (C=O) groups excluding carboxylic acids is 3. The standard InChI is InChI=1S/C21H28N4O10/c1-10(26)17(22)20(33)24-12(7-11-5-3-2-4-6-11)18(31)23-13(8-15(27)28)19(32)25-14(21(34)35)9-16(29)30/h2-6,10,12-14,17,26H,7-9,22H2,1H3,(H,23,31)(H,24,33)(H,25,32)(H,27,28)(H,29,30)(H,34,35). The Labute approximate surface area is 199 Å². The number of aliphatic hydroxyl groups is 1. The molecule has 1 aromatic carbocycles. The quantitative estimate of drug-likeness (QED) is 0.133. The fourth-order valence-electron chi connectivity index (χ4n) is 2.85. The summed E-state index contributed by atoms with van der Waals surface area (Å²) in [6.45, 7) is 1.26. The second-order valence-corrected chi connectivity index (χ2v) is 7.67. The first-order chi connectivity index (χ1) is 16.3. The Kier molecular flexibility index (Phi) is 11.3. The van der Waals surface area contributed by atoms with Crippen molar-refractivity contribution in [2.75, 3.05) is 0 Å². The van der Waals surface area contributed by atoms with E-state index in [2.05, 4.69) is 10.6 Å². The van der Waals surface area contributed by atoms with Gasteiger partial charge in [-0.25, -0.2) is 4.79 Å². The van der Waals surface area contributed by atoms with Gasteiger partial charge in [0.25, 0.3) is 0 Å². The number of benzene rings is 1. The molecule has 1 rings (SSSR count). The molecule has 5 unspecified atom stereocenters. The second kappa shape index (κ2) is 13.6. The summed E-state index contributed by atoms with van der Waals surface area (Å²) in [6.07, 6.45) is -3.29. The molecule has 0 bridgehead atoms. The first kappa shape index (κ1) is 29.0. The number of carboxylic acids is 3. The summed E-state index contributed by atoms with van der Waals surface area (Å²) < 4.78 is 0. The predicted octanol–water partition coefficient (Wildman–Crippen LogP) is -2.57. The molecule has 0 aliphatic rings. The van der Waals surface area contributed by atoms with Crippen LogP contribution >= 0.6 is 0 Å². The molecule has 5 atom stereocenters. The molecule has 0 aliphatic heterocycles. The van der Waals surface area contributed by atoms with Crippen LogP contribution in [0.1, 0.15) is 25.3 Å². The Morgan fingerprint density at radius 3 is 1.71 bits per heavy atom. The summed E-state index contributed by atoms with van der Waals surface area (Å²) in [4.78, 5) is 71.1. The van der Waals surface area contributed by atoms with Crippen molar-refractivity contribution < 1.29 is 49.2 Å². The zero-order valence-corrected chi connectivity index (χ0v) is 18.7. The van der Waals surface area contributed by atoms with E-state index < -0.39 is 78.7 Å². The Morgan fingerprint density at radius 1 is 0.771 bits per heavy atom. The molecule has 14 heteroatoms. The lowest BCUT2D eigenvalue weighted by Crippen LogP contribution is -2.59. The largest absolute Gasteiger partial charge is 0.481 e. The highest BCUT2D eigenvalue weighted by Gasteiger charge is 2.32. The van der Waals surface area contributed by atoms with Crippen molar-refractivity contribution in [3.63, 3.8) is 0 Å². The third-order valence-corrected chi connectivity index (χ3v) is 4.74. The molecule has 0 fully saturated rings. The number of carbonyl (C=O) groups is 6. The van der Waals surface area contributed by atoms with Crippen LogP contribution in [0.2, 0.25) is 0 Å². The number of hydrogen-bond acceptors (Lipinski definition) is 8. The molecule has 0 aromatic heterocycles. The van der Waals surface area contributed by atoms with E-state index in [0.717, 1.165) is 0 Å². The number of nitrogens with two attached hydrogens (primary N) is 1. The van der Waals surface area contributed by atoms with Crippen LogP contribution in [0.25, 0.3) is 0 Å². The van der Waals surface area contributed by atoms with Gasteiger partial charge in [0.1, 0.15) is 24.2 Å². The van der Waals surface area contributed by atoms with Crippen LogP contribution in [-0.4, -0.2) is 86.3 Å². The van der Waals surface area contributed by atoms with Gasteiger partial charge in [-0.15, -0.1) is 0 Å². The van der Waals surface area contributed by atoms with Gasteiger partial charge in [-0.2, -0.15) is 0 Å². The number of nitrogens with one attached hydrogen (secondary N) is 3. The highest BCUT2D eigenvalue weighted by molar-refractivity contribution is 5.96. The monoisotopic (exact) mass is 496 g/mol. The van der Waals surface area contributed by atoms with Crippen molar-refractivity contribution in [2.24, 2.45) is 5.73 Å². The number of hydrogen-bond donors (Lipinski definition) is 8. The van der Waals surface area contributed by atoms with Crippen LogP contribution in [0.4, 0.5) is 0 Å². The summed E-state index contributed by atoms with van der Waals surface area (Å²) in [7, 11) is 0. The van der Waals surface area contributed by atoms with E-state index in [-0.39, 0.29) is 6.42 Å². The normalized spacial score (nSPS) is 14.9. The minimum atomic E-state index is -1.88. The van der Waals surface area contributed by atoms with Gasteiger partial charge >= 0.3 is 17.9 Å². The van der Waals surface area contributed by atoms with Gasteiger partial charge in [0.15, 0.2) is 0 Å². The van der Waals surface area contributed by atoms with Crippen molar-refractivity contribution >= 4 is 35.6 Å². The smallest absolute Gasteiger partial charge is 0.326 e. The van der Waals surface area contributed by atoms with Crippen LogP contribution in [-0.2, 0) is 35.2 Å². The number of amides is 3. The van der Waals surface area contributed by atoms with E-state index >= 15 is 0 Å². The van der Waals surface area contributed by atoms with Crippen molar-refractivity contribution in [1.82, 2.24) is 16.0 Å². The molecule has 0 radical (unpaired) electrons. The zero-order chi connectivity index (χ0) is 26.7. The summed E-state index contributed by atoms with van der Waals surface area (Å²) in [5, 5.41) is 43.0. The number of rotatable bonds is 14. The van der Waals surface area contributed by atoms with Gasteiger partial charge in [0, 0.05) is 6.42 Å². The maximum absolute atomic E-state index is 13.0. The Balaban J connectivity index is 3.12. The fourth-order valence-corrected chi connectivity index (χ4v) is 2.85. The summed E-state index contributed by atoms with van der Waals surface area (Å²) >= 11 is 0.